The first-order valence-electron chi connectivity index (χ1n) is 13.7. The van der Waals surface area contributed by atoms with Crippen molar-refractivity contribution < 1.29 is 41.0 Å². The third-order valence-corrected chi connectivity index (χ3v) is 14.5. The highest BCUT2D eigenvalue weighted by Gasteiger charge is 2.47. The lowest BCUT2D eigenvalue weighted by Crippen LogP contribution is -2.41. The fourth-order valence-corrected chi connectivity index (χ4v) is 7.26. The average molecular weight is 620 g/mol. The lowest BCUT2D eigenvalue weighted by Gasteiger charge is -2.36. The van der Waals surface area contributed by atoms with Crippen LogP contribution in [0.2, 0.25) is 18.1 Å². The Kier molecular flexibility index (Phi) is 8.65. The van der Waals surface area contributed by atoms with Crippen LogP contribution in [0.25, 0.3) is 6.08 Å². The van der Waals surface area contributed by atoms with Crippen LogP contribution >= 0.6 is 0 Å². The standard InChI is InChI=1S/C30H38FNO8SSi/c1-18(16-40-42(7,8)30(2,3)4)13-19-14-21(31)9-12-25(19)41(35,36)32(29(34)38-6)24-11-10-22-23-15-20(23)17-39-27(22)26(24)28(33)37-5/h9-14,20,23H,15-17H2,1-8H3/b18-13-. The van der Waals surface area contributed by atoms with Gasteiger partial charge in [-0.25, -0.2) is 22.4 Å². The molecule has 0 spiro atoms. The highest BCUT2D eigenvalue weighted by Crippen LogP contribution is 2.56. The number of carbonyl (C=O) groups excluding carboxylic acids is 2. The topological polar surface area (TPSA) is 108 Å². The molecular formula is C30H38FNO8SSi. The number of benzene rings is 2. The minimum absolute atomic E-state index is 0.00915. The highest BCUT2D eigenvalue weighted by molar-refractivity contribution is 7.93. The van der Waals surface area contributed by atoms with Crippen molar-refractivity contribution in [3.05, 3.63) is 58.4 Å². The Morgan fingerprint density at radius 1 is 1.14 bits per heavy atom. The molecule has 42 heavy (non-hydrogen) atoms. The zero-order chi connectivity index (χ0) is 31.2. The smallest absolute Gasteiger partial charge is 0.428 e. The molecular weight excluding hydrogens is 581 g/mol. The number of hydrogen-bond acceptors (Lipinski definition) is 8. The summed E-state index contributed by atoms with van der Waals surface area (Å²) < 4.78 is 65.4. The molecule has 0 bridgehead atoms. The van der Waals surface area contributed by atoms with Gasteiger partial charge in [-0.3, -0.25) is 0 Å². The molecule has 1 aliphatic carbocycles. The molecule has 1 saturated carbocycles. The molecule has 1 aliphatic heterocycles. The molecule has 0 saturated heterocycles. The van der Waals surface area contributed by atoms with E-state index in [1.807, 2.05) is 0 Å². The molecule has 9 nitrogen and oxygen atoms in total. The summed E-state index contributed by atoms with van der Waals surface area (Å²) in [7, 11) is -4.70. The maximum atomic E-state index is 14.5. The molecule has 0 radical (unpaired) electrons. The molecule has 2 aromatic rings. The summed E-state index contributed by atoms with van der Waals surface area (Å²) in [5, 5.41) is -0.0436. The second-order valence-electron chi connectivity index (χ2n) is 12.2. The summed E-state index contributed by atoms with van der Waals surface area (Å²) >= 11 is 0. The van der Waals surface area contributed by atoms with Gasteiger partial charge in [0.2, 0.25) is 0 Å². The van der Waals surface area contributed by atoms with Crippen molar-refractivity contribution in [2.45, 2.75) is 63.1 Å². The van der Waals surface area contributed by atoms with Gasteiger partial charge in [0.25, 0.3) is 10.0 Å². The molecule has 1 amide bonds. The fraction of sp³-hybridized carbons (Fsp3) is 0.467. The lowest BCUT2D eigenvalue weighted by atomic mass is 10.00. The number of halogens is 1. The predicted molar refractivity (Wildman–Crippen MR) is 159 cm³/mol. The second-order valence-corrected chi connectivity index (χ2v) is 18.8. The highest BCUT2D eigenvalue weighted by atomic mass is 32.2. The maximum Gasteiger partial charge on any atom is 0.428 e. The van der Waals surface area contributed by atoms with Crippen molar-refractivity contribution >= 4 is 42.2 Å². The minimum atomic E-state index is -4.77. The van der Waals surface area contributed by atoms with Crippen molar-refractivity contribution in [3.8, 4) is 5.75 Å². The van der Waals surface area contributed by atoms with Crippen LogP contribution in [0.4, 0.5) is 14.9 Å². The van der Waals surface area contributed by atoms with Crippen LogP contribution in [0.3, 0.4) is 0 Å². The number of sulfonamides is 1. The number of rotatable bonds is 8. The van der Waals surface area contributed by atoms with Crippen LogP contribution in [-0.2, 0) is 23.9 Å². The van der Waals surface area contributed by atoms with Gasteiger partial charge in [-0.15, -0.1) is 0 Å². The number of anilines is 1. The number of nitrogens with zero attached hydrogens (tertiary/aromatic N) is 1. The van der Waals surface area contributed by atoms with Crippen LogP contribution < -0.4 is 9.04 Å². The van der Waals surface area contributed by atoms with Crippen LogP contribution in [0.15, 0.2) is 40.8 Å². The lowest BCUT2D eigenvalue weighted by molar-refractivity contribution is 0.0596. The van der Waals surface area contributed by atoms with E-state index in [-0.39, 0.29) is 45.0 Å². The number of carbonyl (C=O) groups is 2. The first kappa shape index (κ1) is 31.7. The van der Waals surface area contributed by atoms with Crippen LogP contribution in [0.5, 0.6) is 5.75 Å². The van der Waals surface area contributed by atoms with Gasteiger partial charge in [0, 0.05) is 5.92 Å². The first-order valence-corrected chi connectivity index (χ1v) is 18.0. The van der Waals surface area contributed by atoms with Gasteiger partial charge in [0.15, 0.2) is 8.32 Å². The van der Waals surface area contributed by atoms with Gasteiger partial charge in [-0.05, 0) is 78.4 Å². The molecule has 2 aromatic carbocycles. The summed E-state index contributed by atoms with van der Waals surface area (Å²) in [6.45, 7) is 12.8. The molecule has 4 rings (SSSR count). The van der Waals surface area contributed by atoms with E-state index in [1.165, 1.54) is 12.1 Å². The molecule has 1 fully saturated rings. The Bertz CT molecular complexity index is 1550. The number of fused-ring (bicyclic) bond motifs is 3. The fourth-order valence-electron chi connectivity index (χ4n) is 4.70. The van der Waals surface area contributed by atoms with Crippen molar-refractivity contribution in [2.75, 3.05) is 31.7 Å². The number of esters is 1. The molecule has 0 N–H and O–H groups in total. The maximum absolute atomic E-state index is 14.5. The Morgan fingerprint density at radius 2 is 1.83 bits per heavy atom. The van der Waals surface area contributed by atoms with E-state index < -0.39 is 36.2 Å². The summed E-state index contributed by atoms with van der Waals surface area (Å²) in [5.74, 6) is -0.853. The largest absolute Gasteiger partial charge is 0.492 e. The second kappa shape index (κ2) is 11.5. The average Bonchev–Trinajstić information content (AvgIpc) is 3.71. The number of ether oxygens (including phenoxy) is 3. The van der Waals surface area contributed by atoms with E-state index in [1.54, 1.807) is 13.0 Å². The van der Waals surface area contributed by atoms with Crippen LogP contribution in [0.1, 0.15) is 61.5 Å². The van der Waals surface area contributed by atoms with Gasteiger partial charge >= 0.3 is 12.1 Å². The van der Waals surface area contributed by atoms with E-state index in [2.05, 4.69) is 33.9 Å². The SMILES string of the molecule is COC(=O)c1c(N(C(=O)OC)S(=O)(=O)c2ccc(F)cc2/C=C(/C)CO[Si](C)(C)C(C)(C)C)ccc2c1OCC1CC21. The third-order valence-electron chi connectivity index (χ3n) is 8.24. The third kappa shape index (κ3) is 5.97. The normalized spacial score (nSPS) is 18.4. The van der Waals surface area contributed by atoms with Crippen LogP contribution in [0, 0.1) is 11.7 Å². The number of methoxy groups -OCH3 is 2. The molecule has 1 heterocycles. The van der Waals surface area contributed by atoms with Crippen molar-refractivity contribution in [1.29, 1.82) is 0 Å². The van der Waals surface area contributed by atoms with E-state index in [0.29, 0.717) is 22.4 Å². The van der Waals surface area contributed by atoms with Gasteiger partial charge in [0.1, 0.15) is 17.1 Å². The van der Waals surface area contributed by atoms with E-state index in [4.69, 9.17) is 18.6 Å². The molecule has 2 unspecified atom stereocenters. The molecule has 2 atom stereocenters. The van der Waals surface area contributed by atoms with Gasteiger partial charge in [-0.1, -0.05) is 32.9 Å². The van der Waals surface area contributed by atoms with Gasteiger partial charge < -0.3 is 18.6 Å². The molecule has 12 heteroatoms. The van der Waals surface area contributed by atoms with Crippen LogP contribution in [-0.4, -0.2) is 56.2 Å². The zero-order valence-corrected chi connectivity index (χ0v) is 27.1. The summed E-state index contributed by atoms with van der Waals surface area (Å²) in [6.07, 6.45) is 1.14. The Morgan fingerprint density at radius 3 is 2.45 bits per heavy atom. The summed E-state index contributed by atoms with van der Waals surface area (Å²) in [4.78, 5) is 25.8. The Balaban J connectivity index is 1.83. The van der Waals surface area contributed by atoms with Crippen molar-refractivity contribution in [2.24, 2.45) is 5.92 Å². The van der Waals surface area contributed by atoms with E-state index in [9.17, 15) is 22.4 Å². The number of hydrogen-bond donors (Lipinski definition) is 0. The van der Waals surface area contributed by atoms with E-state index in [0.717, 1.165) is 44.4 Å². The number of amides is 1. The van der Waals surface area contributed by atoms with Gasteiger partial charge in [-0.2, -0.15) is 4.31 Å². The minimum Gasteiger partial charge on any atom is -0.492 e. The van der Waals surface area contributed by atoms with Crippen molar-refractivity contribution in [1.82, 2.24) is 0 Å². The molecule has 2 aliphatic rings. The summed E-state index contributed by atoms with van der Waals surface area (Å²) in [6, 6.07) is 6.17. The van der Waals surface area contributed by atoms with Gasteiger partial charge in [0.05, 0.1) is 38.0 Å². The Hall–Kier alpha value is -3.22. The predicted octanol–water partition coefficient (Wildman–Crippen LogP) is 6.50. The molecule has 228 valence electrons. The summed E-state index contributed by atoms with van der Waals surface area (Å²) in [5.41, 5.74) is 0.925. The Labute approximate surface area is 247 Å². The van der Waals surface area contributed by atoms with Crippen molar-refractivity contribution in [3.63, 3.8) is 0 Å². The zero-order valence-electron chi connectivity index (χ0n) is 25.2. The first-order chi connectivity index (χ1) is 19.5. The monoisotopic (exact) mass is 619 g/mol. The quantitative estimate of drug-likeness (QED) is 0.244. The molecule has 0 aromatic heterocycles. The van der Waals surface area contributed by atoms with E-state index >= 15 is 0 Å².